The van der Waals surface area contributed by atoms with Crippen LogP contribution in [0.4, 0.5) is 0 Å². The number of nitrogens with zero attached hydrogens (tertiary/aromatic N) is 2. The standard InChI is InChI=1S/C29H41N3O3.C2H2O4/c1-3-17-32(18-4-2)29(34)27(30-28(33)25-11-7-5-8-12-25)23-24-13-15-26(16-14-24)35-22-21-31-19-9-6-10-20-31;3-1(4)2(5)6/h5,7-8,11-16,27H,3-4,6,9-10,17-23H2,1-2H3,(H,30,33);(H,3,4)(H,5,6). The van der Waals surface area contributed by atoms with E-state index < -0.39 is 18.0 Å². The van der Waals surface area contributed by atoms with Crippen molar-refractivity contribution in [1.82, 2.24) is 15.1 Å². The van der Waals surface area contributed by atoms with Crippen molar-refractivity contribution in [3.63, 3.8) is 0 Å². The highest BCUT2D eigenvalue weighted by molar-refractivity contribution is 6.27. The zero-order valence-corrected chi connectivity index (χ0v) is 24.1. The van der Waals surface area contributed by atoms with E-state index in [2.05, 4.69) is 24.1 Å². The molecule has 0 aromatic heterocycles. The second kappa shape index (κ2) is 18.4. The summed E-state index contributed by atoms with van der Waals surface area (Å²) < 4.78 is 5.95. The molecule has 1 atom stereocenters. The molecule has 3 N–H and O–H groups in total. The first-order chi connectivity index (χ1) is 19.7. The molecule has 10 nitrogen and oxygen atoms in total. The number of ether oxygens (including phenoxy) is 1. The number of amides is 2. The van der Waals surface area contributed by atoms with Gasteiger partial charge in [-0.3, -0.25) is 14.5 Å². The highest BCUT2D eigenvalue weighted by atomic mass is 16.5. The predicted molar refractivity (Wildman–Crippen MR) is 156 cm³/mol. The van der Waals surface area contributed by atoms with Crippen molar-refractivity contribution in [3.05, 3.63) is 65.7 Å². The summed E-state index contributed by atoms with van der Waals surface area (Å²) in [5.41, 5.74) is 1.55. The van der Waals surface area contributed by atoms with Crippen LogP contribution < -0.4 is 10.1 Å². The Balaban J connectivity index is 0.000000883. The fourth-order valence-corrected chi connectivity index (χ4v) is 4.56. The minimum absolute atomic E-state index is 0.0279. The fourth-order valence-electron chi connectivity index (χ4n) is 4.56. The molecule has 1 saturated heterocycles. The van der Waals surface area contributed by atoms with Crippen LogP contribution in [0.3, 0.4) is 0 Å². The Bertz CT molecular complexity index is 1070. The van der Waals surface area contributed by atoms with Crippen LogP contribution in [0.2, 0.25) is 0 Å². The van der Waals surface area contributed by atoms with E-state index in [9.17, 15) is 9.59 Å². The number of hydrogen-bond donors (Lipinski definition) is 3. The minimum atomic E-state index is -1.82. The van der Waals surface area contributed by atoms with Crippen molar-refractivity contribution in [3.8, 4) is 5.75 Å². The van der Waals surface area contributed by atoms with Crippen LogP contribution >= 0.6 is 0 Å². The molecule has 1 heterocycles. The third-order valence-electron chi connectivity index (χ3n) is 6.61. The molecule has 1 fully saturated rings. The van der Waals surface area contributed by atoms with Gasteiger partial charge < -0.3 is 25.2 Å². The minimum Gasteiger partial charge on any atom is -0.492 e. The summed E-state index contributed by atoms with van der Waals surface area (Å²) in [5, 5.41) is 17.8. The highest BCUT2D eigenvalue weighted by Gasteiger charge is 2.26. The maximum absolute atomic E-state index is 13.4. The maximum atomic E-state index is 13.4. The molecule has 1 aliphatic heterocycles. The molecule has 41 heavy (non-hydrogen) atoms. The normalized spacial score (nSPS) is 13.7. The Morgan fingerprint density at radius 3 is 2.00 bits per heavy atom. The summed E-state index contributed by atoms with van der Waals surface area (Å²) in [5.74, 6) is -3.07. The lowest BCUT2D eigenvalue weighted by molar-refractivity contribution is -0.159. The van der Waals surface area contributed by atoms with Crippen LogP contribution in [0.1, 0.15) is 61.9 Å². The van der Waals surface area contributed by atoms with E-state index >= 15 is 0 Å². The number of rotatable bonds is 13. The second-order valence-corrected chi connectivity index (χ2v) is 9.93. The number of piperidine rings is 1. The van der Waals surface area contributed by atoms with Crippen LogP contribution in [0.15, 0.2) is 54.6 Å². The summed E-state index contributed by atoms with van der Waals surface area (Å²) in [7, 11) is 0. The quantitative estimate of drug-likeness (QED) is 0.311. The molecule has 3 rings (SSSR count). The van der Waals surface area contributed by atoms with Gasteiger partial charge in [-0.1, -0.05) is 50.6 Å². The summed E-state index contributed by atoms with van der Waals surface area (Å²) in [4.78, 5) is 48.8. The fraction of sp³-hybridized carbons (Fsp3) is 0.484. The predicted octanol–water partition coefficient (Wildman–Crippen LogP) is 3.70. The highest BCUT2D eigenvalue weighted by Crippen LogP contribution is 2.16. The summed E-state index contributed by atoms with van der Waals surface area (Å²) in [6, 6.07) is 16.4. The van der Waals surface area contributed by atoms with Crippen molar-refractivity contribution in [2.24, 2.45) is 0 Å². The molecule has 1 unspecified atom stereocenters. The van der Waals surface area contributed by atoms with E-state index in [4.69, 9.17) is 24.5 Å². The molecule has 2 aromatic rings. The topological polar surface area (TPSA) is 136 Å². The number of aliphatic carboxylic acids is 2. The lowest BCUT2D eigenvalue weighted by Crippen LogP contribution is -2.50. The molecule has 2 amide bonds. The first-order valence-corrected chi connectivity index (χ1v) is 14.3. The van der Waals surface area contributed by atoms with Crippen molar-refractivity contribution < 1.29 is 34.1 Å². The van der Waals surface area contributed by atoms with E-state index in [0.717, 1.165) is 30.7 Å². The number of likely N-dealkylation sites (tertiary alicyclic amines) is 1. The number of carbonyl (C=O) groups excluding carboxylic acids is 2. The Kier molecular flexibility index (Phi) is 15.0. The summed E-state index contributed by atoms with van der Waals surface area (Å²) >= 11 is 0. The van der Waals surface area contributed by atoms with E-state index in [-0.39, 0.29) is 11.8 Å². The molecule has 0 bridgehead atoms. The van der Waals surface area contributed by atoms with Crippen LogP contribution in [0.5, 0.6) is 5.75 Å². The SMILES string of the molecule is CCCN(CCC)C(=O)C(Cc1ccc(OCCN2CCCCC2)cc1)NC(=O)c1ccccc1.O=C(O)C(=O)O. The van der Waals surface area contributed by atoms with E-state index in [1.807, 2.05) is 47.4 Å². The molecular weight excluding hydrogens is 526 g/mol. The third kappa shape index (κ3) is 12.4. The van der Waals surface area contributed by atoms with E-state index in [1.165, 1.54) is 32.4 Å². The van der Waals surface area contributed by atoms with Crippen LogP contribution in [0, 0.1) is 0 Å². The van der Waals surface area contributed by atoms with Gasteiger partial charge in [0, 0.05) is 31.6 Å². The van der Waals surface area contributed by atoms with Crippen molar-refractivity contribution in [2.45, 2.75) is 58.4 Å². The Morgan fingerprint density at radius 1 is 0.878 bits per heavy atom. The Hall–Kier alpha value is -3.92. The molecular formula is C31H43N3O7. The molecule has 2 aromatic carbocycles. The van der Waals surface area contributed by atoms with Gasteiger partial charge in [0.15, 0.2) is 0 Å². The molecule has 0 aliphatic carbocycles. The number of benzene rings is 2. The molecule has 0 saturated carbocycles. The Morgan fingerprint density at radius 2 is 1.46 bits per heavy atom. The van der Waals surface area contributed by atoms with E-state index in [1.54, 1.807) is 12.1 Å². The summed E-state index contributed by atoms with van der Waals surface area (Å²) in [6.07, 6.45) is 6.11. The first kappa shape index (κ1) is 33.3. The lowest BCUT2D eigenvalue weighted by Gasteiger charge is -2.28. The van der Waals surface area contributed by atoms with E-state index in [0.29, 0.717) is 31.7 Å². The smallest absolute Gasteiger partial charge is 0.414 e. The number of nitrogens with one attached hydrogen (secondary N) is 1. The largest absolute Gasteiger partial charge is 0.492 e. The zero-order valence-electron chi connectivity index (χ0n) is 24.1. The molecule has 224 valence electrons. The number of carboxylic acids is 2. The van der Waals surface area contributed by atoms with Crippen molar-refractivity contribution in [2.75, 3.05) is 39.3 Å². The van der Waals surface area contributed by atoms with Crippen molar-refractivity contribution >= 4 is 23.8 Å². The van der Waals surface area contributed by atoms with Gasteiger partial charge >= 0.3 is 11.9 Å². The van der Waals surface area contributed by atoms with Crippen LogP contribution in [0.25, 0.3) is 0 Å². The average molecular weight is 570 g/mol. The van der Waals surface area contributed by atoms with Gasteiger partial charge in [0.1, 0.15) is 18.4 Å². The van der Waals surface area contributed by atoms with Gasteiger partial charge in [-0.15, -0.1) is 0 Å². The van der Waals surface area contributed by atoms with Gasteiger partial charge in [-0.05, 0) is 68.6 Å². The van der Waals surface area contributed by atoms with Crippen LogP contribution in [-0.2, 0) is 20.8 Å². The summed E-state index contributed by atoms with van der Waals surface area (Å²) in [6.45, 7) is 9.47. The van der Waals surface area contributed by atoms with Crippen LogP contribution in [-0.4, -0.2) is 89.1 Å². The van der Waals surface area contributed by atoms with Gasteiger partial charge in [0.05, 0.1) is 0 Å². The second-order valence-electron chi connectivity index (χ2n) is 9.93. The lowest BCUT2D eigenvalue weighted by atomic mass is 10.0. The van der Waals surface area contributed by atoms with Gasteiger partial charge in [-0.25, -0.2) is 9.59 Å². The zero-order chi connectivity index (χ0) is 30.0. The maximum Gasteiger partial charge on any atom is 0.414 e. The number of carboxylic acid groups (broad SMARTS) is 2. The molecule has 1 aliphatic rings. The molecule has 0 radical (unpaired) electrons. The van der Waals surface area contributed by atoms with Gasteiger partial charge in [-0.2, -0.15) is 0 Å². The molecule has 10 heteroatoms. The average Bonchev–Trinajstić information content (AvgIpc) is 2.98. The number of hydrogen-bond acceptors (Lipinski definition) is 6. The first-order valence-electron chi connectivity index (χ1n) is 14.3. The van der Waals surface area contributed by atoms with Gasteiger partial charge in [0.2, 0.25) is 5.91 Å². The Labute approximate surface area is 242 Å². The van der Waals surface area contributed by atoms with Gasteiger partial charge in [0.25, 0.3) is 5.91 Å². The number of carbonyl (C=O) groups is 4. The van der Waals surface area contributed by atoms with Crippen molar-refractivity contribution in [1.29, 1.82) is 0 Å². The molecule has 0 spiro atoms. The monoisotopic (exact) mass is 569 g/mol. The third-order valence-corrected chi connectivity index (χ3v) is 6.61.